The molecule has 1 aliphatic heterocycles. The van der Waals surface area contributed by atoms with Gasteiger partial charge in [0.1, 0.15) is 0 Å². The molecule has 1 unspecified atom stereocenters. The smallest absolute Gasteiger partial charge is 0.0513 e. The van der Waals surface area contributed by atoms with Crippen LogP contribution >= 0.6 is 15.9 Å². The van der Waals surface area contributed by atoms with Crippen LogP contribution < -0.4 is 10.6 Å². The quantitative estimate of drug-likeness (QED) is 0.879. The zero-order valence-corrected chi connectivity index (χ0v) is 9.70. The molecule has 1 atom stereocenters. The number of para-hydroxylation sites is 1. The average molecular weight is 255 g/mol. The summed E-state index contributed by atoms with van der Waals surface area (Å²) < 4.78 is 1.17. The summed E-state index contributed by atoms with van der Waals surface area (Å²) in [5.74, 6) is 0. The van der Waals surface area contributed by atoms with E-state index < -0.39 is 0 Å². The van der Waals surface area contributed by atoms with Crippen molar-refractivity contribution in [3.8, 4) is 0 Å². The fourth-order valence-corrected chi connectivity index (χ4v) is 2.60. The molecule has 0 aliphatic carbocycles. The number of nitrogens with zero attached hydrogens (tertiary/aromatic N) is 1. The number of hydrogen-bond acceptors (Lipinski definition) is 2. The van der Waals surface area contributed by atoms with Gasteiger partial charge in [-0.15, -0.1) is 0 Å². The van der Waals surface area contributed by atoms with Gasteiger partial charge in [0.2, 0.25) is 0 Å². The number of nitrogens with two attached hydrogens (primary N) is 1. The minimum atomic E-state index is 0.522. The van der Waals surface area contributed by atoms with Crippen molar-refractivity contribution < 1.29 is 0 Å². The molecule has 1 fully saturated rings. The van der Waals surface area contributed by atoms with Gasteiger partial charge in [-0.2, -0.15) is 0 Å². The molecule has 1 saturated heterocycles. The van der Waals surface area contributed by atoms with Gasteiger partial charge in [0.05, 0.1) is 5.69 Å². The van der Waals surface area contributed by atoms with E-state index in [1.54, 1.807) is 0 Å². The lowest BCUT2D eigenvalue weighted by Crippen LogP contribution is -2.35. The number of rotatable bonds is 2. The van der Waals surface area contributed by atoms with E-state index in [0.717, 1.165) is 13.1 Å². The van der Waals surface area contributed by atoms with E-state index in [1.807, 2.05) is 6.07 Å². The lowest BCUT2D eigenvalue weighted by atomic mass is 10.2. The maximum Gasteiger partial charge on any atom is 0.0513 e. The predicted octanol–water partition coefficient (Wildman–Crippen LogP) is 2.38. The molecule has 0 bridgehead atoms. The molecule has 1 heterocycles. The van der Waals surface area contributed by atoms with Gasteiger partial charge in [0.15, 0.2) is 0 Å². The molecule has 76 valence electrons. The van der Waals surface area contributed by atoms with E-state index in [4.69, 9.17) is 5.73 Å². The van der Waals surface area contributed by atoms with Crippen LogP contribution in [-0.2, 0) is 0 Å². The normalized spacial score (nSPS) is 21.6. The molecular formula is C11H15BrN2. The Labute approximate surface area is 93.2 Å². The molecule has 2 rings (SSSR count). The van der Waals surface area contributed by atoms with E-state index in [-0.39, 0.29) is 0 Å². The Morgan fingerprint density at radius 3 is 2.93 bits per heavy atom. The molecule has 1 aliphatic rings. The maximum absolute atomic E-state index is 5.75. The van der Waals surface area contributed by atoms with Crippen LogP contribution in [0.1, 0.15) is 12.8 Å². The number of hydrogen-bond donors (Lipinski definition) is 1. The van der Waals surface area contributed by atoms with E-state index >= 15 is 0 Å². The van der Waals surface area contributed by atoms with Gasteiger partial charge in [-0.1, -0.05) is 12.1 Å². The van der Waals surface area contributed by atoms with E-state index in [0.29, 0.717) is 6.04 Å². The van der Waals surface area contributed by atoms with E-state index in [1.165, 1.54) is 23.0 Å². The lowest BCUT2D eigenvalue weighted by molar-refractivity contribution is 0.676. The summed E-state index contributed by atoms with van der Waals surface area (Å²) in [4.78, 5) is 2.41. The molecule has 3 heteroatoms. The molecule has 2 nitrogen and oxygen atoms in total. The van der Waals surface area contributed by atoms with Crippen molar-refractivity contribution in [3.63, 3.8) is 0 Å². The van der Waals surface area contributed by atoms with Gasteiger partial charge in [0, 0.05) is 23.6 Å². The summed E-state index contributed by atoms with van der Waals surface area (Å²) >= 11 is 3.58. The van der Waals surface area contributed by atoms with Crippen molar-refractivity contribution in [2.45, 2.75) is 18.9 Å². The van der Waals surface area contributed by atoms with Crippen LogP contribution in [0.4, 0.5) is 5.69 Å². The van der Waals surface area contributed by atoms with Gasteiger partial charge in [0.25, 0.3) is 0 Å². The summed E-state index contributed by atoms with van der Waals surface area (Å²) in [6.07, 6.45) is 2.47. The molecule has 14 heavy (non-hydrogen) atoms. The highest BCUT2D eigenvalue weighted by molar-refractivity contribution is 9.10. The monoisotopic (exact) mass is 254 g/mol. The molecule has 0 amide bonds. The van der Waals surface area contributed by atoms with Crippen LogP contribution in [-0.4, -0.2) is 19.1 Å². The minimum Gasteiger partial charge on any atom is -0.366 e. The number of anilines is 1. The third-order valence-corrected chi connectivity index (χ3v) is 3.48. The molecule has 1 aromatic rings. The van der Waals surface area contributed by atoms with Crippen LogP contribution in [0.2, 0.25) is 0 Å². The van der Waals surface area contributed by atoms with Gasteiger partial charge in [-0.05, 0) is 40.9 Å². The first-order valence-corrected chi connectivity index (χ1v) is 5.83. The Balaban J connectivity index is 2.26. The molecule has 2 N–H and O–H groups in total. The highest BCUT2D eigenvalue weighted by Crippen LogP contribution is 2.31. The van der Waals surface area contributed by atoms with Crippen LogP contribution in [0, 0.1) is 0 Å². The third kappa shape index (κ3) is 1.79. The van der Waals surface area contributed by atoms with Gasteiger partial charge in [-0.3, -0.25) is 0 Å². The zero-order valence-electron chi connectivity index (χ0n) is 8.12. The SMILES string of the molecule is NCC1CCCN1c1ccccc1Br. The van der Waals surface area contributed by atoms with Crippen LogP contribution in [0.25, 0.3) is 0 Å². The maximum atomic E-state index is 5.75. The molecular weight excluding hydrogens is 240 g/mol. The summed E-state index contributed by atoms with van der Waals surface area (Å²) in [5, 5.41) is 0. The van der Waals surface area contributed by atoms with Crippen molar-refractivity contribution in [1.82, 2.24) is 0 Å². The first-order valence-electron chi connectivity index (χ1n) is 5.04. The first-order chi connectivity index (χ1) is 6.83. The summed E-state index contributed by atoms with van der Waals surface area (Å²) in [6, 6.07) is 8.88. The summed E-state index contributed by atoms with van der Waals surface area (Å²) in [6.45, 7) is 1.88. The predicted molar refractivity (Wildman–Crippen MR) is 63.6 cm³/mol. The van der Waals surface area contributed by atoms with E-state index in [2.05, 4.69) is 39.0 Å². The van der Waals surface area contributed by atoms with Crippen molar-refractivity contribution in [1.29, 1.82) is 0 Å². The van der Waals surface area contributed by atoms with Gasteiger partial charge < -0.3 is 10.6 Å². The fourth-order valence-electron chi connectivity index (χ4n) is 2.08. The largest absolute Gasteiger partial charge is 0.366 e. The van der Waals surface area contributed by atoms with Crippen molar-refractivity contribution in [3.05, 3.63) is 28.7 Å². The lowest BCUT2D eigenvalue weighted by Gasteiger charge is -2.26. The fraction of sp³-hybridized carbons (Fsp3) is 0.455. The molecule has 0 spiro atoms. The molecule has 1 aromatic carbocycles. The van der Waals surface area contributed by atoms with Crippen LogP contribution in [0.15, 0.2) is 28.7 Å². The second kappa shape index (κ2) is 4.32. The molecule has 0 aromatic heterocycles. The van der Waals surface area contributed by atoms with Crippen molar-refractivity contribution >= 4 is 21.6 Å². The highest BCUT2D eigenvalue weighted by Gasteiger charge is 2.24. The first kappa shape index (κ1) is 9.99. The Kier molecular flexibility index (Phi) is 3.08. The Hall–Kier alpha value is -0.540. The summed E-state index contributed by atoms with van der Waals surface area (Å²) in [7, 11) is 0. The number of halogens is 1. The minimum absolute atomic E-state index is 0.522. The van der Waals surface area contributed by atoms with E-state index in [9.17, 15) is 0 Å². The number of benzene rings is 1. The molecule has 0 radical (unpaired) electrons. The Morgan fingerprint density at radius 2 is 2.21 bits per heavy atom. The average Bonchev–Trinajstić information content (AvgIpc) is 2.66. The third-order valence-electron chi connectivity index (χ3n) is 2.81. The van der Waals surface area contributed by atoms with Gasteiger partial charge in [-0.25, -0.2) is 0 Å². The van der Waals surface area contributed by atoms with Crippen molar-refractivity contribution in [2.24, 2.45) is 5.73 Å². The second-order valence-electron chi connectivity index (χ2n) is 3.68. The standard InChI is InChI=1S/C11H15BrN2/c12-10-5-1-2-6-11(10)14-7-3-4-9(14)8-13/h1-2,5-6,9H,3-4,7-8,13H2. The van der Waals surface area contributed by atoms with Crippen molar-refractivity contribution in [2.75, 3.05) is 18.0 Å². The highest BCUT2D eigenvalue weighted by atomic mass is 79.9. The zero-order chi connectivity index (χ0) is 9.97. The Bertz CT molecular complexity index is 314. The summed E-state index contributed by atoms with van der Waals surface area (Å²) in [5.41, 5.74) is 7.03. The van der Waals surface area contributed by atoms with Gasteiger partial charge >= 0.3 is 0 Å². The Morgan fingerprint density at radius 1 is 1.43 bits per heavy atom. The topological polar surface area (TPSA) is 29.3 Å². The second-order valence-corrected chi connectivity index (χ2v) is 4.53. The molecule has 0 saturated carbocycles. The van der Waals surface area contributed by atoms with Crippen LogP contribution in [0.5, 0.6) is 0 Å². The van der Waals surface area contributed by atoms with Crippen LogP contribution in [0.3, 0.4) is 0 Å².